The van der Waals surface area contributed by atoms with Gasteiger partial charge in [-0.1, -0.05) is 65.8 Å². The van der Waals surface area contributed by atoms with Gasteiger partial charge in [0.1, 0.15) is 4.38 Å². The maximum atomic E-state index is 12.1. The standard InChI is InChI=1S/C20H15Cl2N3OS2/c1-2-27-20-24-19(26)18(28-20)8-12-3-6-17-14(7-12)10-23-25(17)11-13-4-5-15(21)9-16(13)22/h3-10H,2,11H2,1H3. The predicted octanol–water partition coefficient (Wildman–Crippen LogP) is 6.11. The third-order valence-corrected chi connectivity index (χ3v) is 6.76. The van der Waals surface area contributed by atoms with E-state index in [9.17, 15) is 4.79 Å². The van der Waals surface area contributed by atoms with Crippen LogP contribution >= 0.6 is 46.7 Å². The van der Waals surface area contributed by atoms with E-state index in [2.05, 4.69) is 10.1 Å². The van der Waals surface area contributed by atoms with E-state index >= 15 is 0 Å². The predicted molar refractivity (Wildman–Crippen MR) is 121 cm³/mol. The SMILES string of the molecule is CCSC1=NC(=O)C(=Cc2ccc3c(cnn3Cc3ccc(Cl)cc3Cl)c2)S1. The molecule has 1 aromatic heterocycles. The van der Waals surface area contributed by atoms with E-state index in [0.717, 1.165) is 32.2 Å². The van der Waals surface area contributed by atoms with E-state index in [1.807, 2.05) is 54.2 Å². The average Bonchev–Trinajstić information content (AvgIpc) is 3.21. The van der Waals surface area contributed by atoms with Crippen LogP contribution < -0.4 is 0 Å². The van der Waals surface area contributed by atoms with Gasteiger partial charge in [0.05, 0.1) is 23.2 Å². The first kappa shape index (κ1) is 19.6. The van der Waals surface area contributed by atoms with Crippen molar-refractivity contribution in [3.05, 3.63) is 68.7 Å². The van der Waals surface area contributed by atoms with Crippen molar-refractivity contribution in [3.8, 4) is 0 Å². The molecular weight excluding hydrogens is 433 g/mol. The minimum atomic E-state index is -0.172. The summed E-state index contributed by atoms with van der Waals surface area (Å²) in [5, 5.41) is 6.72. The smallest absolute Gasteiger partial charge is 0.266 e. The minimum Gasteiger partial charge on any atom is -0.266 e. The van der Waals surface area contributed by atoms with E-state index < -0.39 is 0 Å². The lowest BCUT2D eigenvalue weighted by molar-refractivity contribution is -0.113. The van der Waals surface area contributed by atoms with Gasteiger partial charge in [-0.3, -0.25) is 9.48 Å². The maximum absolute atomic E-state index is 12.1. The van der Waals surface area contributed by atoms with Crippen molar-refractivity contribution >= 4 is 74.0 Å². The number of halogens is 2. The lowest BCUT2D eigenvalue weighted by Crippen LogP contribution is -2.01. The zero-order valence-electron chi connectivity index (χ0n) is 14.9. The van der Waals surface area contributed by atoms with Gasteiger partial charge in [-0.05, 0) is 47.2 Å². The first-order valence-corrected chi connectivity index (χ1v) is 11.1. The summed E-state index contributed by atoms with van der Waals surface area (Å²) in [5.74, 6) is 0.726. The molecule has 1 amide bonds. The van der Waals surface area contributed by atoms with Crippen molar-refractivity contribution in [2.75, 3.05) is 5.75 Å². The van der Waals surface area contributed by atoms with Gasteiger partial charge >= 0.3 is 0 Å². The van der Waals surface area contributed by atoms with Gasteiger partial charge in [-0.15, -0.1) is 0 Å². The first-order chi connectivity index (χ1) is 13.5. The number of rotatable bonds is 4. The Morgan fingerprint density at radius 3 is 2.86 bits per heavy atom. The second-order valence-electron chi connectivity index (χ2n) is 6.08. The largest absolute Gasteiger partial charge is 0.285 e. The number of aromatic nitrogens is 2. The lowest BCUT2D eigenvalue weighted by Gasteiger charge is -2.07. The molecule has 28 heavy (non-hydrogen) atoms. The summed E-state index contributed by atoms with van der Waals surface area (Å²) < 4.78 is 2.71. The molecule has 4 rings (SSSR count). The van der Waals surface area contributed by atoms with E-state index in [4.69, 9.17) is 23.2 Å². The summed E-state index contributed by atoms with van der Waals surface area (Å²) >= 11 is 15.3. The Hall–Kier alpha value is -1.73. The van der Waals surface area contributed by atoms with Crippen molar-refractivity contribution in [3.63, 3.8) is 0 Å². The number of fused-ring (bicyclic) bond motifs is 1. The van der Waals surface area contributed by atoms with Crippen LogP contribution in [-0.4, -0.2) is 25.8 Å². The highest BCUT2D eigenvalue weighted by Crippen LogP contribution is 2.34. The van der Waals surface area contributed by atoms with Crippen LogP contribution in [-0.2, 0) is 11.3 Å². The summed E-state index contributed by atoms with van der Waals surface area (Å²) in [5.41, 5.74) is 2.90. The van der Waals surface area contributed by atoms with Crippen molar-refractivity contribution in [1.29, 1.82) is 0 Å². The molecule has 8 heteroatoms. The van der Waals surface area contributed by atoms with Crippen LogP contribution in [0.2, 0.25) is 10.0 Å². The molecular formula is C20H15Cl2N3OS2. The molecule has 2 aromatic carbocycles. The molecule has 0 atom stereocenters. The molecule has 0 N–H and O–H groups in total. The number of thioether (sulfide) groups is 2. The summed E-state index contributed by atoms with van der Waals surface area (Å²) in [6.07, 6.45) is 3.70. The van der Waals surface area contributed by atoms with Gasteiger partial charge in [0.15, 0.2) is 0 Å². The van der Waals surface area contributed by atoms with Crippen molar-refractivity contribution in [2.24, 2.45) is 4.99 Å². The summed E-state index contributed by atoms with van der Waals surface area (Å²) in [6, 6.07) is 11.5. The van der Waals surface area contributed by atoms with Gasteiger partial charge in [-0.25, -0.2) is 0 Å². The van der Waals surface area contributed by atoms with Gasteiger partial charge in [0.25, 0.3) is 5.91 Å². The molecule has 1 aliphatic rings. The van der Waals surface area contributed by atoms with Crippen LogP contribution in [0, 0.1) is 0 Å². The fourth-order valence-corrected chi connectivity index (χ4v) is 5.22. The number of carbonyl (C=O) groups excluding carboxylic acids is 1. The molecule has 1 aliphatic heterocycles. The molecule has 3 aromatic rings. The summed E-state index contributed by atoms with van der Waals surface area (Å²) in [4.78, 5) is 16.8. The third-order valence-electron chi connectivity index (χ3n) is 4.17. The Morgan fingerprint density at radius 1 is 1.21 bits per heavy atom. The molecule has 142 valence electrons. The van der Waals surface area contributed by atoms with Crippen LogP contribution in [0.4, 0.5) is 0 Å². The zero-order chi connectivity index (χ0) is 19.7. The van der Waals surface area contributed by atoms with Gasteiger partial charge < -0.3 is 0 Å². The molecule has 0 saturated heterocycles. The van der Waals surface area contributed by atoms with E-state index in [1.165, 1.54) is 11.8 Å². The Bertz CT molecular complexity index is 1140. The maximum Gasteiger partial charge on any atom is 0.285 e. The fraction of sp³-hybridized carbons (Fsp3) is 0.150. The number of nitrogens with zero attached hydrogens (tertiary/aromatic N) is 3. The monoisotopic (exact) mass is 447 g/mol. The van der Waals surface area contributed by atoms with E-state index in [1.54, 1.807) is 17.8 Å². The topological polar surface area (TPSA) is 47.2 Å². The molecule has 0 bridgehead atoms. The Balaban J connectivity index is 1.58. The molecule has 0 fully saturated rings. The number of carbonyl (C=O) groups is 1. The Kier molecular flexibility index (Phi) is 5.83. The van der Waals surface area contributed by atoms with Crippen LogP contribution in [0.25, 0.3) is 17.0 Å². The van der Waals surface area contributed by atoms with Gasteiger partial charge in [0, 0.05) is 15.4 Å². The number of hydrogen-bond acceptors (Lipinski definition) is 4. The summed E-state index contributed by atoms with van der Waals surface area (Å²) in [7, 11) is 0. The molecule has 0 unspecified atom stereocenters. The van der Waals surface area contributed by atoms with Crippen molar-refractivity contribution < 1.29 is 4.79 Å². The molecule has 4 nitrogen and oxygen atoms in total. The second-order valence-corrected chi connectivity index (χ2v) is 9.47. The molecule has 0 spiro atoms. The van der Waals surface area contributed by atoms with Crippen LogP contribution in [0.3, 0.4) is 0 Å². The molecule has 2 heterocycles. The molecule has 0 aliphatic carbocycles. The Morgan fingerprint density at radius 2 is 2.07 bits per heavy atom. The normalized spacial score (nSPS) is 15.6. The highest BCUT2D eigenvalue weighted by Gasteiger charge is 2.21. The van der Waals surface area contributed by atoms with Crippen LogP contribution in [0.5, 0.6) is 0 Å². The number of amides is 1. The first-order valence-electron chi connectivity index (χ1n) is 8.58. The van der Waals surface area contributed by atoms with Crippen LogP contribution in [0.1, 0.15) is 18.1 Å². The second kappa shape index (κ2) is 8.33. The number of benzene rings is 2. The highest BCUT2D eigenvalue weighted by atomic mass is 35.5. The fourth-order valence-electron chi connectivity index (χ4n) is 2.86. The number of hydrogen-bond donors (Lipinski definition) is 0. The van der Waals surface area contributed by atoms with E-state index in [-0.39, 0.29) is 5.91 Å². The lowest BCUT2D eigenvalue weighted by atomic mass is 10.1. The quantitative estimate of drug-likeness (QED) is 0.452. The molecule has 0 saturated carbocycles. The highest BCUT2D eigenvalue weighted by molar-refractivity contribution is 8.41. The van der Waals surface area contributed by atoms with Crippen LogP contribution in [0.15, 0.2) is 52.5 Å². The third kappa shape index (κ3) is 4.15. The van der Waals surface area contributed by atoms with Crippen molar-refractivity contribution in [1.82, 2.24) is 9.78 Å². The minimum absolute atomic E-state index is 0.172. The van der Waals surface area contributed by atoms with Crippen molar-refractivity contribution in [2.45, 2.75) is 13.5 Å². The average molecular weight is 448 g/mol. The van der Waals surface area contributed by atoms with Gasteiger partial charge in [0.2, 0.25) is 0 Å². The molecule has 0 radical (unpaired) electrons. The summed E-state index contributed by atoms with van der Waals surface area (Å²) in [6.45, 7) is 2.60. The Labute approximate surface area is 181 Å². The zero-order valence-corrected chi connectivity index (χ0v) is 18.0. The van der Waals surface area contributed by atoms with Gasteiger partial charge in [-0.2, -0.15) is 10.1 Å². The van der Waals surface area contributed by atoms with E-state index in [0.29, 0.717) is 21.5 Å². The number of aliphatic imine (C=N–C) groups is 1.